The molecular weight excluding hydrogens is 304 g/mol. The van der Waals surface area contributed by atoms with E-state index in [0.717, 1.165) is 0 Å². The third-order valence-electron chi connectivity index (χ3n) is 5.23. The van der Waals surface area contributed by atoms with E-state index in [0.29, 0.717) is 0 Å². The average Bonchev–Trinajstić information content (AvgIpc) is 3.04. The van der Waals surface area contributed by atoms with Crippen LogP contribution in [0.15, 0.2) is 91.4 Å². The summed E-state index contributed by atoms with van der Waals surface area (Å²) in [5, 5.41) is 7.84. The van der Waals surface area contributed by atoms with Gasteiger partial charge in [0.05, 0.1) is 6.20 Å². The molecule has 0 aliphatic heterocycles. The molecule has 6 rings (SSSR count). The maximum atomic E-state index is 2.32. The number of rotatable bonds is 0. The monoisotopic (exact) mass is 319 g/mol. The fourth-order valence-electron chi connectivity index (χ4n) is 4.11. The second-order valence-corrected chi connectivity index (χ2v) is 6.58. The van der Waals surface area contributed by atoms with Crippen molar-refractivity contribution in [1.29, 1.82) is 0 Å². The summed E-state index contributed by atoms with van der Waals surface area (Å²) in [5.41, 5.74) is 2.38. The van der Waals surface area contributed by atoms with E-state index in [9.17, 15) is 0 Å². The summed E-state index contributed by atoms with van der Waals surface area (Å²) in [6.07, 6.45) is 6.59. The maximum Gasteiger partial charge on any atom is 0.292 e. The quantitative estimate of drug-likeness (QED) is 0.271. The highest BCUT2D eigenvalue weighted by Crippen LogP contribution is 2.34. The zero-order valence-electron chi connectivity index (χ0n) is 13.6. The number of pyridine rings is 2. The lowest BCUT2D eigenvalue weighted by atomic mass is 9.95. The smallest absolute Gasteiger partial charge is 0.201 e. The van der Waals surface area contributed by atoms with Gasteiger partial charge in [0.2, 0.25) is 0 Å². The average molecular weight is 319 g/mol. The van der Waals surface area contributed by atoms with E-state index < -0.39 is 0 Å². The SMILES string of the molecule is c1ccc2c(c1)c1ccccc1c1c[n+]3cc4ccccn4c3cc21. The summed E-state index contributed by atoms with van der Waals surface area (Å²) < 4.78 is 4.47. The molecule has 0 atom stereocenters. The van der Waals surface area contributed by atoms with Crippen LogP contribution in [0.25, 0.3) is 43.5 Å². The highest BCUT2D eigenvalue weighted by atomic mass is 15.1. The van der Waals surface area contributed by atoms with Crippen molar-refractivity contribution < 1.29 is 4.40 Å². The third kappa shape index (κ3) is 1.66. The Kier molecular flexibility index (Phi) is 2.37. The molecule has 0 fully saturated rings. The van der Waals surface area contributed by atoms with Gasteiger partial charge in [-0.15, -0.1) is 0 Å². The van der Waals surface area contributed by atoms with Crippen molar-refractivity contribution in [3.8, 4) is 0 Å². The predicted molar refractivity (Wildman–Crippen MR) is 103 cm³/mol. The van der Waals surface area contributed by atoms with Crippen LogP contribution in [0.1, 0.15) is 0 Å². The molecule has 2 heteroatoms. The van der Waals surface area contributed by atoms with Gasteiger partial charge in [-0.05, 0) is 33.7 Å². The highest BCUT2D eigenvalue weighted by Gasteiger charge is 2.15. The number of hydrogen-bond acceptors (Lipinski definition) is 0. The summed E-state index contributed by atoms with van der Waals surface area (Å²) in [7, 11) is 0. The topological polar surface area (TPSA) is 8.51 Å². The maximum absolute atomic E-state index is 2.32. The van der Waals surface area contributed by atoms with Gasteiger partial charge in [0.25, 0.3) is 5.65 Å². The van der Waals surface area contributed by atoms with Crippen LogP contribution in [0.4, 0.5) is 0 Å². The molecule has 116 valence electrons. The largest absolute Gasteiger partial charge is 0.292 e. The van der Waals surface area contributed by atoms with E-state index in [-0.39, 0.29) is 0 Å². The standard InChI is InChI=1S/C23H15N2/c1-3-10-19-17(8-1)18-9-2-4-11-20(18)22-15-24-14-16-7-5-6-12-25(16)23(24)13-21(19)22/h1-15H/q+1. The summed E-state index contributed by atoms with van der Waals surface area (Å²) in [4.78, 5) is 0. The lowest BCUT2D eigenvalue weighted by Gasteiger charge is -2.09. The van der Waals surface area contributed by atoms with Crippen molar-refractivity contribution in [2.24, 2.45) is 0 Å². The van der Waals surface area contributed by atoms with Gasteiger partial charge < -0.3 is 0 Å². The summed E-state index contributed by atoms with van der Waals surface area (Å²) in [5.74, 6) is 0. The first-order valence-electron chi connectivity index (χ1n) is 8.54. The second kappa shape index (κ2) is 4.58. The minimum Gasteiger partial charge on any atom is -0.201 e. The van der Waals surface area contributed by atoms with Crippen LogP contribution in [-0.2, 0) is 0 Å². The Morgan fingerprint density at radius 2 is 1.16 bits per heavy atom. The van der Waals surface area contributed by atoms with Gasteiger partial charge in [-0.2, -0.15) is 4.40 Å². The van der Waals surface area contributed by atoms with E-state index in [2.05, 4.69) is 100 Å². The number of aromatic nitrogens is 2. The van der Waals surface area contributed by atoms with E-state index >= 15 is 0 Å². The molecule has 0 saturated heterocycles. The lowest BCUT2D eigenvalue weighted by Crippen LogP contribution is -2.17. The molecule has 2 nitrogen and oxygen atoms in total. The minimum atomic E-state index is 1.18. The first kappa shape index (κ1) is 13.0. The Balaban J connectivity index is 1.96. The lowest BCUT2D eigenvalue weighted by molar-refractivity contribution is -0.507. The molecule has 0 saturated carbocycles. The molecule has 0 amide bonds. The van der Waals surface area contributed by atoms with Gasteiger partial charge in [0, 0.05) is 16.8 Å². The van der Waals surface area contributed by atoms with E-state index in [1.165, 1.54) is 43.5 Å². The molecule has 3 aromatic carbocycles. The zero-order chi connectivity index (χ0) is 16.4. The molecule has 0 N–H and O–H groups in total. The van der Waals surface area contributed by atoms with Crippen LogP contribution in [0.5, 0.6) is 0 Å². The number of imidazole rings is 1. The molecule has 25 heavy (non-hydrogen) atoms. The van der Waals surface area contributed by atoms with Gasteiger partial charge in [-0.3, -0.25) is 0 Å². The van der Waals surface area contributed by atoms with E-state index in [4.69, 9.17) is 0 Å². The molecule has 0 unspecified atom stereocenters. The highest BCUT2D eigenvalue weighted by molar-refractivity contribution is 6.25. The van der Waals surface area contributed by atoms with Gasteiger partial charge in [-0.25, -0.2) is 4.40 Å². The number of hydrogen-bond donors (Lipinski definition) is 0. The van der Waals surface area contributed by atoms with E-state index in [1.54, 1.807) is 0 Å². The minimum absolute atomic E-state index is 1.18. The number of fused-ring (bicyclic) bond motifs is 9. The fourth-order valence-corrected chi connectivity index (χ4v) is 4.11. The molecule has 0 spiro atoms. The number of benzene rings is 3. The number of nitrogens with zero attached hydrogens (tertiary/aromatic N) is 2. The molecule has 0 bridgehead atoms. The molecule has 6 aromatic rings. The van der Waals surface area contributed by atoms with Crippen molar-refractivity contribution in [1.82, 2.24) is 4.40 Å². The molecule has 0 radical (unpaired) electrons. The first-order chi connectivity index (χ1) is 12.4. The Morgan fingerprint density at radius 1 is 0.560 bits per heavy atom. The van der Waals surface area contributed by atoms with Crippen LogP contribution in [0, 0.1) is 0 Å². The van der Waals surface area contributed by atoms with Gasteiger partial charge >= 0.3 is 0 Å². The van der Waals surface area contributed by atoms with Crippen LogP contribution < -0.4 is 4.40 Å². The Morgan fingerprint density at radius 3 is 1.88 bits per heavy atom. The van der Waals surface area contributed by atoms with Crippen molar-refractivity contribution in [3.05, 3.63) is 91.4 Å². The van der Waals surface area contributed by atoms with Crippen LogP contribution in [-0.4, -0.2) is 4.40 Å². The zero-order valence-corrected chi connectivity index (χ0v) is 13.6. The van der Waals surface area contributed by atoms with Gasteiger partial charge in [0.15, 0.2) is 5.52 Å². The third-order valence-corrected chi connectivity index (χ3v) is 5.23. The normalized spacial score (nSPS) is 12.0. The van der Waals surface area contributed by atoms with Crippen LogP contribution in [0.2, 0.25) is 0 Å². The summed E-state index contributed by atoms with van der Waals surface area (Å²) in [6.45, 7) is 0. The fraction of sp³-hybridized carbons (Fsp3) is 0. The van der Waals surface area contributed by atoms with Crippen molar-refractivity contribution >= 4 is 43.5 Å². The van der Waals surface area contributed by atoms with Crippen molar-refractivity contribution in [3.63, 3.8) is 0 Å². The molecule has 0 aliphatic carbocycles. The molecular formula is C23H15N2+. The summed E-state index contributed by atoms with van der Waals surface area (Å²) >= 11 is 0. The molecule has 3 aromatic heterocycles. The predicted octanol–water partition coefficient (Wildman–Crippen LogP) is 5.14. The molecule has 3 heterocycles. The van der Waals surface area contributed by atoms with Crippen molar-refractivity contribution in [2.75, 3.05) is 0 Å². The second-order valence-electron chi connectivity index (χ2n) is 6.58. The van der Waals surface area contributed by atoms with Crippen molar-refractivity contribution in [2.45, 2.75) is 0 Å². The van der Waals surface area contributed by atoms with Gasteiger partial charge in [0.1, 0.15) is 12.4 Å². The summed E-state index contributed by atoms with van der Waals surface area (Å²) in [6, 6.07) is 26.0. The van der Waals surface area contributed by atoms with Crippen LogP contribution >= 0.6 is 0 Å². The Bertz CT molecular complexity index is 1440. The Hall–Kier alpha value is -3.39. The van der Waals surface area contributed by atoms with Crippen LogP contribution in [0.3, 0.4) is 0 Å². The Labute approximate surface area is 144 Å². The van der Waals surface area contributed by atoms with Gasteiger partial charge in [-0.1, -0.05) is 54.6 Å². The molecule has 0 aliphatic rings. The first-order valence-corrected chi connectivity index (χ1v) is 8.54. The van der Waals surface area contributed by atoms with E-state index in [1.807, 2.05) is 0 Å².